The lowest BCUT2D eigenvalue weighted by atomic mass is 9.74. The highest BCUT2D eigenvalue weighted by Gasteiger charge is 2.37. The van der Waals surface area contributed by atoms with Gasteiger partial charge in [-0.3, -0.25) is 9.38 Å². The fourth-order valence-corrected chi connectivity index (χ4v) is 3.95. The minimum absolute atomic E-state index is 0.418. The second kappa shape index (κ2) is 6.14. The highest BCUT2D eigenvalue weighted by molar-refractivity contribution is 7.17. The number of piperidine rings is 1. The first-order chi connectivity index (χ1) is 11.6. The molecular weight excluding hydrogens is 320 g/mol. The predicted molar refractivity (Wildman–Crippen MR) is 97.1 cm³/mol. The highest BCUT2D eigenvalue weighted by Crippen LogP contribution is 2.33. The molecule has 126 valence electrons. The van der Waals surface area contributed by atoms with Crippen molar-refractivity contribution in [1.29, 1.82) is 0 Å². The lowest BCUT2D eigenvalue weighted by molar-refractivity contribution is 0.111. The molecule has 3 N–H and O–H groups in total. The number of nitrogen functional groups attached to an aromatic ring is 1. The van der Waals surface area contributed by atoms with E-state index in [4.69, 9.17) is 5.73 Å². The number of nitrogens with zero attached hydrogens (tertiary/aromatic N) is 4. The van der Waals surface area contributed by atoms with E-state index in [2.05, 4.69) is 40.3 Å². The summed E-state index contributed by atoms with van der Waals surface area (Å²) in [5.74, 6) is 2.02. The van der Waals surface area contributed by atoms with Crippen molar-refractivity contribution in [2.45, 2.75) is 38.6 Å². The van der Waals surface area contributed by atoms with Crippen molar-refractivity contribution >= 4 is 22.1 Å². The first kappa shape index (κ1) is 15.5. The van der Waals surface area contributed by atoms with E-state index in [1.54, 1.807) is 23.7 Å². The zero-order valence-electron chi connectivity index (χ0n) is 13.9. The molecule has 0 amide bonds. The SMILES string of the molecule is C1CC2NCC12.CC(C)c1cn2c(-c3cncc(N)n3)cnc2s1. The Balaban J connectivity index is 0.000000201. The van der Waals surface area contributed by atoms with Crippen molar-refractivity contribution in [2.24, 2.45) is 5.92 Å². The van der Waals surface area contributed by atoms with Gasteiger partial charge in [-0.05, 0) is 31.2 Å². The van der Waals surface area contributed by atoms with Crippen LogP contribution >= 0.6 is 11.3 Å². The standard InChI is InChI=1S/C12H13N5S.C5H9N/c1-7(2)10-6-17-9(4-15-12(17)18-10)8-3-14-5-11(13)16-8;1-2-5-4(1)3-6-5/h3-7H,1-2H3,(H2,13,16);4-6H,1-3H2. The maximum atomic E-state index is 5.66. The number of imidazole rings is 1. The van der Waals surface area contributed by atoms with Crippen molar-refractivity contribution in [3.8, 4) is 11.4 Å². The first-order valence-electron chi connectivity index (χ1n) is 8.40. The van der Waals surface area contributed by atoms with Crippen LogP contribution < -0.4 is 11.1 Å². The Morgan fingerprint density at radius 1 is 1.29 bits per heavy atom. The van der Waals surface area contributed by atoms with Crippen LogP contribution in [0.15, 0.2) is 24.8 Å². The molecule has 7 heteroatoms. The van der Waals surface area contributed by atoms with Crippen LogP contribution in [0.3, 0.4) is 0 Å². The lowest BCUT2D eigenvalue weighted by Crippen LogP contribution is -2.59. The molecule has 1 saturated carbocycles. The first-order valence-corrected chi connectivity index (χ1v) is 9.21. The summed E-state index contributed by atoms with van der Waals surface area (Å²) in [5.41, 5.74) is 7.33. The van der Waals surface area contributed by atoms with Gasteiger partial charge in [0.15, 0.2) is 4.96 Å². The summed E-state index contributed by atoms with van der Waals surface area (Å²) < 4.78 is 2.05. The molecule has 3 aromatic heterocycles. The van der Waals surface area contributed by atoms with Gasteiger partial charge in [-0.25, -0.2) is 9.97 Å². The topological polar surface area (TPSA) is 81.1 Å². The van der Waals surface area contributed by atoms with Gasteiger partial charge in [0.25, 0.3) is 0 Å². The molecule has 6 nitrogen and oxygen atoms in total. The number of nitrogens with two attached hydrogens (primary N) is 1. The van der Waals surface area contributed by atoms with E-state index in [1.807, 2.05) is 4.40 Å². The molecule has 0 radical (unpaired) electrons. The molecular formula is C17H22N6S. The van der Waals surface area contributed by atoms with Crippen molar-refractivity contribution in [1.82, 2.24) is 24.7 Å². The molecule has 2 aliphatic rings. The number of thiazole rings is 1. The van der Waals surface area contributed by atoms with Gasteiger partial charge >= 0.3 is 0 Å². The third kappa shape index (κ3) is 2.78. The van der Waals surface area contributed by atoms with E-state index in [0.717, 1.165) is 28.3 Å². The lowest BCUT2D eigenvalue weighted by Gasteiger charge is -2.47. The molecule has 1 aliphatic carbocycles. The van der Waals surface area contributed by atoms with Crippen LogP contribution in [0.1, 0.15) is 37.5 Å². The van der Waals surface area contributed by atoms with Gasteiger partial charge in [0, 0.05) is 17.1 Å². The average Bonchev–Trinajstić information content (AvgIpc) is 3.11. The third-order valence-electron chi connectivity index (χ3n) is 4.77. The number of rotatable bonds is 2. The quantitative estimate of drug-likeness (QED) is 0.748. The van der Waals surface area contributed by atoms with Crippen molar-refractivity contribution in [3.05, 3.63) is 29.7 Å². The number of nitrogens with one attached hydrogen (secondary N) is 1. The minimum Gasteiger partial charge on any atom is -0.382 e. The summed E-state index contributed by atoms with van der Waals surface area (Å²) in [7, 11) is 0. The van der Waals surface area contributed by atoms with Gasteiger partial charge < -0.3 is 11.1 Å². The predicted octanol–water partition coefficient (Wildman–Crippen LogP) is 2.93. The molecule has 2 fully saturated rings. The summed E-state index contributed by atoms with van der Waals surface area (Å²) in [5, 5.41) is 3.34. The number of fused-ring (bicyclic) bond motifs is 2. The number of aromatic nitrogens is 4. The molecule has 3 aromatic rings. The summed E-state index contributed by atoms with van der Waals surface area (Å²) in [6.07, 6.45) is 10.1. The molecule has 0 bridgehead atoms. The second-order valence-corrected chi connectivity index (χ2v) is 7.81. The maximum absolute atomic E-state index is 5.66. The van der Waals surface area contributed by atoms with Crippen LogP contribution in [0.5, 0.6) is 0 Å². The van der Waals surface area contributed by atoms with Gasteiger partial charge in [0.05, 0.1) is 24.3 Å². The van der Waals surface area contributed by atoms with E-state index in [-0.39, 0.29) is 0 Å². The monoisotopic (exact) mass is 342 g/mol. The Morgan fingerprint density at radius 3 is 2.67 bits per heavy atom. The summed E-state index contributed by atoms with van der Waals surface area (Å²) in [6.45, 7) is 5.65. The molecule has 0 aromatic carbocycles. The van der Waals surface area contributed by atoms with Crippen molar-refractivity contribution < 1.29 is 0 Å². The summed E-state index contributed by atoms with van der Waals surface area (Å²) in [6, 6.07) is 0.963. The fraction of sp³-hybridized carbons (Fsp3) is 0.471. The maximum Gasteiger partial charge on any atom is 0.194 e. The van der Waals surface area contributed by atoms with Crippen molar-refractivity contribution in [3.63, 3.8) is 0 Å². The average molecular weight is 342 g/mol. The van der Waals surface area contributed by atoms with E-state index < -0.39 is 0 Å². The third-order valence-corrected chi connectivity index (χ3v) is 6.07. The molecule has 0 spiro atoms. The second-order valence-electron chi connectivity index (χ2n) is 6.77. The Kier molecular flexibility index (Phi) is 3.97. The fourth-order valence-electron chi connectivity index (χ4n) is 2.99. The normalized spacial score (nSPS) is 21.6. The van der Waals surface area contributed by atoms with Gasteiger partial charge in [-0.2, -0.15) is 0 Å². The van der Waals surface area contributed by atoms with Crippen LogP contribution in [0.2, 0.25) is 0 Å². The zero-order chi connectivity index (χ0) is 16.7. The largest absolute Gasteiger partial charge is 0.382 e. The van der Waals surface area contributed by atoms with Crippen LogP contribution in [-0.2, 0) is 0 Å². The van der Waals surface area contributed by atoms with Crippen LogP contribution in [0.25, 0.3) is 16.3 Å². The Morgan fingerprint density at radius 2 is 2.12 bits per heavy atom. The van der Waals surface area contributed by atoms with Crippen molar-refractivity contribution in [2.75, 3.05) is 12.3 Å². The molecule has 1 aliphatic heterocycles. The molecule has 24 heavy (non-hydrogen) atoms. The van der Waals surface area contributed by atoms with E-state index in [1.165, 1.54) is 30.5 Å². The minimum atomic E-state index is 0.418. The smallest absolute Gasteiger partial charge is 0.194 e. The van der Waals surface area contributed by atoms with E-state index in [9.17, 15) is 0 Å². The van der Waals surface area contributed by atoms with Crippen LogP contribution in [0.4, 0.5) is 5.82 Å². The number of hydrogen-bond donors (Lipinski definition) is 2. The van der Waals surface area contributed by atoms with Crippen LogP contribution in [0, 0.1) is 5.92 Å². The van der Waals surface area contributed by atoms with Gasteiger partial charge in [-0.1, -0.05) is 13.8 Å². The van der Waals surface area contributed by atoms with Gasteiger partial charge in [0.1, 0.15) is 11.5 Å². The molecule has 4 heterocycles. The Bertz CT molecular complexity index is 834. The van der Waals surface area contributed by atoms with E-state index in [0.29, 0.717) is 11.7 Å². The molecule has 1 saturated heterocycles. The zero-order valence-corrected chi connectivity index (χ0v) is 14.8. The summed E-state index contributed by atoms with van der Waals surface area (Å²) >= 11 is 1.70. The van der Waals surface area contributed by atoms with Crippen LogP contribution in [-0.4, -0.2) is 31.9 Å². The molecule has 2 unspecified atom stereocenters. The molecule has 2 atom stereocenters. The Labute approximate surface area is 145 Å². The summed E-state index contributed by atoms with van der Waals surface area (Å²) in [4.78, 5) is 15.0. The van der Waals surface area contributed by atoms with Gasteiger partial charge in [0.2, 0.25) is 0 Å². The number of hydrogen-bond acceptors (Lipinski definition) is 6. The van der Waals surface area contributed by atoms with Gasteiger partial charge in [-0.15, -0.1) is 11.3 Å². The highest BCUT2D eigenvalue weighted by atomic mass is 32.1. The number of anilines is 1. The molecule has 5 rings (SSSR count). The van der Waals surface area contributed by atoms with E-state index >= 15 is 0 Å². The Hall–Kier alpha value is -1.99.